The zero-order chi connectivity index (χ0) is 9.35. The number of likely N-dealkylation sites (N-methyl/N-ethyl adjacent to an activating group) is 1. The van der Waals surface area contributed by atoms with Crippen LogP contribution < -0.4 is 11.1 Å². The maximum atomic E-state index is 10.9. The van der Waals surface area contributed by atoms with Gasteiger partial charge in [0.25, 0.3) is 15.9 Å². The molecule has 0 unspecified atom stereocenters. The van der Waals surface area contributed by atoms with Gasteiger partial charge in [0.1, 0.15) is 0 Å². The predicted octanol–water partition coefficient (Wildman–Crippen LogP) is -1.68. The SMILES string of the molecule is CNC(=O)C1=C(N)S(=O)(=O)N=C1. The second-order valence-corrected chi connectivity index (χ2v) is 3.67. The van der Waals surface area contributed by atoms with Crippen LogP contribution in [0.5, 0.6) is 0 Å². The summed E-state index contributed by atoms with van der Waals surface area (Å²) in [6, 6.07) is 0. The molecule has 1 aliphatic heterocycles. The van der Waals surface area contributed by atoms with E-state index in [1.807, 2.05) is 0 Å². The number of sulfonamides is 1. The number of nitrogens with zero attached hydrogens (tertiary/aromatic N) is 1. The minimum absolute atomic E-state index is 0.113. The summed E-state index contributed by atoms with van der Waals surface area (Å²) >= 11 is 0. The highest BCUT2D eigenvalue weighted by Gasteiger charge is 2.26. The quantitative estimate of drug-likeness (QED) is 0.514. The van der Waals surface area contributed by atoms with Crippen molar-refractivity contribution in [3.8, 4) is 0 Å². The maximum absolute atomic E-state index is 10.9. The highest BCUT2D eigenvalue weighted by Crippen LogP contribution is 2.14. The van der Waals surface area contributed by atoms with Crippen molar-refractivity contribution in [3.63, 3.8) is 0 Å². The monoisotopic (exact) mass is 189 g/mol. The van der Waals surface area contributed by atoms with Gasteiger partial charge in [0.2, 0.25) is 0 Å². The van der Waals surface area contributed by atoms with Crippen molar-refractivity contribution in [1.29, 1.82) is 0 Å². The number of nitrogens with two attached hydrogens (primary N) is 1. The van der Waals surface area contributed by atoms with E-state index in [-0.39, 0.29) is 5.57 Å². The largest absolute Gasteiger partial charge is 0.387 e. The third-order valence-corrected chi connectivity index (χ3v) is 2.49. The molecule has 0 saturated heterocycles. The summed E-state index contributed by atoms with van der Waals surface area (Å²) in [6.07, 6.45) is 0.934. The van der Waals surface area contributed by atoms with Crippen LogP contribution in [0.15, 0.2) is 15.0 Å². The summed E-state index contributed by atoms with van der Waals surface area (Å²) in [7, 11) is -2.39. The molecule has 1 amide bonds. The van der Waals surface area contributed by atoms with E-state index in [9.17, 15) is 13.2 Å². The van der Waals surface area contributed by atoms with Gasteiger partial charge in [-0.2, -0.15) is 12.8 Å². The van der Waals surface area contributed by atoms with E-state index in [4.69, 9.17) is 5.73 Å². The number of carbonyl (C=O) groups is 1. The molecule has 1 heterocycles. The van der Waals surface area contributed by atoms with Crippen molar-refractivity contribution < 1.29 is 13.2 Å². The topological polar surface area (TPSA) is 102 Å². The Morgan fingerprint density at radius 3 is 2.58 bits per heavy atom. The number of rotatable bonds is 1. The van der Waals surface area contributed by atoms with Gasteiger partial charge in [-0.15, -0.1) is 0 Å². The van der Waals surface area contributed by atoms with Gasteiger partial charge < -0.3 is 11.1 Å². The molecule has 0 aromatic carbocycles. The average Bonchev–Trinajstić information content (AvgIpc) is 2.27. The van der Waals surface area contributed by atoms with Gasteiger partial charge >= 0.3 is 0 Å². The second kappa shape index (κ2) is 2.59. The van der Waals surface area contributed by atoms with E-state index in [1.54, 1.807) is 0 Å². The molecular weight excluding hydrogens is 182 g/mol. The van der Waals surface area contributed by atoms with E-state index >= 15 is 0 Å². The lowest BCUT2D eigenvalue weighted by molar-refractivity contribution is -0.116. The smallest absolute Gasteiger partial charge is 0.298 e. The Kier molecular flexibility index (Phi) is 1.89. The molecule has 3 N–H and O–H groups in total. The van der Waals surface area contributed by atoms with E-state index in [2.05, 4.69) is 9.71 Å². The van der Waals surface area contributed by atoms with Crippen molar-refractivity contribution in [2.45, 2.75) is 0 Å². The van der Waals surface area contributed by atoms with Crippen LogP contribution in [-0.4, -0.2) is 27.6 Å². The fourth-order valence-electron chi connectivity index (χ4n) is 0.687. The highest BCUT2D eigenvalue weighted by atomic mass is 32.2. The summed E-state index contributed by atoms with van der Waals surface area (Å²) in [4.78, 5) is 10.9. The summed E-state index contributed by atoms with van der Waals surface area (Å²) in [5.74, 6) is -0.558. The molecule has 0 radical (unpaired) electrons. The van der Waals surface area contributed by atoms with Crippen LogP contribution in [0.2, 0.25) is 0 Å². The van der Waals surface area contributed by atoms with Crippen LogP contribution >= 0.6 is 0 Å². The molecule has 7 heteroatoms. The van der Waals surface area contributed by atoms with Crippen molar-refractivity contribution in [1.82, 2.24) is 5.32 Å². The standard InChI is InChI=1S/C5H7N3O3S/c1-7-5(9)3-2-8-12(10,11)4(3)6/h2H,6H2,1H3,(H,7,9). The zero-order valence-corrected chi connectivity index (χ0v) is 7.05. The average molecular weight is 189 g/mol. The van der Waals surface area contributed by atoms with Gasteiger partial charge in [-0.1, -0.05) is 0 Å². The normalized spacial score (nSPS) is 19.8. The Balaban J connectivity index is 3.19. The fourth-order valence-corrected chi connectivity index (χ4v) is 1.47. The summed E-state index contributed by atoms with van der Waals surface area (Å²) in [6.45, 7) is 0. The zero-order valence-electron chi connectivity index (χ0n) is 6.23. The van der Waals surface area contributed by atoms with E-state index in [0.29, 0.717) is 0 Å². The maximum Gasteiger partial charge on any atom is 0.298 e. The number of carbonyl (C=O) groups excluding carboxylic acids is 1. The van der Waals surface area contributed by atoms with Crippen LogP contribution in [0.4, 0.5) is 0 Å². The summed E-state index contributed by atoms with van der Waals surface area (Å²) < 4.78 is 24.8. The van der Waals surface area contributed by atoms with E-state index in [0.717, 1.165) is 6.21 Å². The first kappa shape index (κ1) is 8.72. The minimum Gasteiger partial charge on any atom is -0.387 e. The van der Waals surface area contributed by atoms with Crippen molar-refractivity contribution >= 4 is 22.1 Å². The van der Waals surface area contributed by atoms with Gasteiger partial charge in [-0.05, 0) is 0 Å². The molecule has 0 saturated carbocycles. The van der Waals surface area contributed by atoms with Crippen LogP contribution in [0.25, 0.3) is 0 Å². The Bertz CT molecular complexity index is 379. The lowest BCUT2D eigenvalue weighted by atomic mass is 10.3. The molecule has 6 nitrogen and oxygen atoms in total. The van der Waals surface area contributed by atoms with Gasteiger partial charge in [-0.3, -0.25) is 4.79 Å². The van der Waals surface area contributed by atoms with E-state index in [1.165, 1.54) is 7.05 Å². The number of hydrogen-bond acceptors (Lipinski definition) is 4. The van der Waals surface area contributed by atoms with Crippen molar-refractivity contribution in [2.24, 2.45) is 10.1 Å². The van der Waals surface area contributed by atoms with E-state index < -0.39 is 21.0 Å². The number of nitrogens with one attached hydrogen (secondary N) is 1. The Morgan fingerprint density at radius 1 is 1.67 bits per heavy atom. The molecule has 1 rings (SSSR count). The van der Waals surface area contributed by atoms with Crippen LogP contribution in [0, 0.1) is 0 Å². The molecule has 0 fully saturated rings. The molecule has 0 aliphatic carbocycles. The lowest BCUT2D eigenvalue weighted by Gasteiger charge is -1.96. The van der Waals surface area contributed by atoms with Crippen molar-refractivity contribution in [2.75, 3.05) is 7.05 Å². The first-order valence-electron chi connectivity index (χ1n) is 3.01. The van der Waals surface area contributed by atoms with Crippen LogP contribution in [0.3, 0.4) is 0 Å². The molecule has 1 aliphatic rings. The predicted molar refractivity (Wildman–Crippen MR) is 42.7 cm³/mol. The van der Waals surface area contributed by atoms with Gasteiger partial charge in [-0.25, -0.2) is 0 Å². The van der Waals surface area contributed by atoms with Crippen LogP contribution in [0.1, 0.15) is 0 Å². The molecule has 66 valence electrons. The number of hydrogen-bond donors (Lipinski definition) is 2. The van der Waals surface area contributed by atoms with Gasteiger partial charge in [0.15, 0.2) is 5.03 Å². The summed E-state index contributed by atoms with van der Waals surface area (Å²) in [5, 5.41) is 1.74. The molecule has 0 aromatic rings. The van der Waals surface area contributed by atoms with Crippen molar-refractivity contribution in [3.05, 3.63) is 10.6 Å². The molecule has 0 spiro atoms. The Labute approximate surface area is 69.2 Å². The molecule has 12 heavy (non-hydrogen) atoms. The summed E-state index contributed by atoms with van der Waals surface area (Å²) in [5.41, 5.74) is 5.03. The second-order valence-electron chi connectivity index (χ2n) is 2.07. The number of amides is 1. The lowest BCUT2D eigenvalue weighted by Crippen LogP contribution is -2.23. The highest BCUT2D eigenvalue weighted by molar-refractivity contribution is 7.94. The minimum atomic E-state index is -3.76. The van der Waals surface area contributed by atoms with Crippen LogP contribution in [-0.2, 0) is 14.8 Å². The third kappa shape index (κ3) is 1.18. The molecule has 0 aromatic heterocycles. The van der Waals surface area contributed by atoms with Gasteiger partial charge in [0, 0.05) is 7.05 Å². The first-order chi connectivity index (χ1) is 5.49. The Morgan fingerprint density at radius 2 is 2.25 bits per heavy atom. The third-order valence-electron chi connectivity index (χ3n) is 1.34. The Hall–Kier alpha value is -1.37. The molecular formula is C5H7N3O3S. The fraction of sp³-hybridized carbons (Fsp3) is 0.200. The first-order valence-corrected chi connectivity index (χ1v) is 4.45. The molecule has 0 atom stereocenters. The van der Waals surface area contributed by atoms with Gasteiger partial charge in [0.05, 0.1) is 11.8 Å². The molecule has 0 bridgehead atoms.